The molecule has 2 atom stereocenters. The largest absolute Gasteiger partial charge is 0.417 e. The van der Waals surface area contributed by atoms with Crippen LogP contribution in [-0.4, -0.2) is 29.8 Å². The maximum absolute atomic E-state index is 12.8. The molecule has 2 saturated heterocycles. The summed E-state index contributed by atoms with van der Waals surface area (Å²) in [5.74, 6) is 2.06. The van der Waals surface area contributed by atoms with E-state index < -0.39 is 11.7 Å². The number of ether oxygens (including phenoxy) is 1. The molecule has 1 aromatic rings. The van der Waals surface area contributed by atoms with Gasteiger partial charge in [0.25, 0.3) is 0 Å². The third-order valence-corrected chi connectivity index (χ3v) is 5.60. The van der Waals surface area contributed by atoms with Gasteiger partial charge in [0.1, 0.15) is 0 Å². The second kappa shape index (κ2) is 6.25. The summed E-state index contributed by atoms with van der Waals surface area (Å²) in [5.41, 5.74) is -0.769. The van der Waals surface area contributed by atoms with E-state index in [1.807, 2.05) is 11.8 Å². The number of nitriles is 1. The van der Waals surface area contributed by atoms with Crippen molar-refractivity contribution >= 4 is 17.4 Å². The summed E-state index contributed by atoms with van der Waals surface area (Å²) in [6.07, 6.45) is -1.82. The summed E-state index contributed by atoms with van der Waals surface area (Å²) < 4.78 is 44.4. The summed E-state index contributed by atoms with van der Waals surface area (Å²) in [5, 5.41) is 12.3. The first kappa shape index (κ1) is 16.5. The molecule has 124 valence electrons. The van der Waals surface area contributed by atoms with Crippen LogP contribution in [0.4, 0.5) is 18.9 Å². The molecule has 7 heteroatoms. The average Bonchev–Trinajstić information content (AvgIpc) is 2.93. The molecule has 23 heavy (non-hydrogen) atoms. The highest BCUT2D eigenvalue weighted by Crippen LogP contribution is 2.39. The van der Waals surface area contributed by atoms with Crippen LogP contribution in [0.5, 0.6) is 0 Å². The number of halogens is 3. The van der Waals surface area contributed by atoms with Crippen molar-refractivity contribution in [3.63, 3.8) is 0 Å². The fourth-order valence-corrected chi connectivity index (χ4v) is 4.60. The SMILES string of the molecule is N#Cc1cc(N[C@@H]2CCO[C@]3(CCSC3)C2)ccc1C(F)(F)F. The molecular formula is C16H17F3N2OS. The number of thioether (sulfide) groups is 1. The number of hydrogen-bond acceptors (Lipinski definition) is 4. The van der Waals surface area contributed by atoms with Gasteiger partial charge in [-0.05, 0) is 43.2 Å². The second-order valence-electron chi connectivity index (χ2n) is 6.04. The third kappa shape index (κ3) is 3.59. The summed E-state index contributed by atoms with van der Waals surface area (Å²) in [6.45, 7) is 0.657. The van der Waals surface area contributed by atoms with E-state index in [1.54, 1.807) is 6.07 Å². The monoisotopic (exact) mass is 342 g/mol. The first-order valence-corrected chi connectivity index (χ1v) is 8.67. The zero-order valence-electron chi connectivity index (χ0n) is 12.4. The van der Waals surface area contributed by atoms with E-state index in [0.29, 0.717) is 12.3 Å². The molecule has 0 bridgehead atoms. The number of alkyl halides is 3. The van der Waals surface area contributed by atoms with Crippen molar-refractivity contribution in [2.45, 2.75) is 37.1 Å². The maximum atomic E-state index is 12.8. The highest BCUT2D eigenvalue weighted by atomic mass is 32.2. The van der Waals surface area contributed by atoms with Crippen LogP contribution in [0.25, 0.3) is 0 Å². The zero-order chi connectivity index (χ0) is 16.5. The van der Waals surface area contributed by atoms with E-state index in [1.165, 1.54) is 12.1 Å². The van der Waals surface area contributed by atoms with E-state index in [2.05, 4.69) is 5.32 Å². The molecule has 0 unspecified atom stereocenters. The number of nitrogens with zero attached hydrogens (tertiary/aromatic N) is 1. The van der Waals surface area contributed by atoms with Gasteiger partial charge in [-0.25, -0.2) is 0 Å². The van der Waals surface area contributed by atoms with Crippen LogP contribution >= 0.6 is 11.8 Å². The fourth-order valence-electron chi connectivity index (χ4n) is 3.22. The Morgan fingerprint density at radius 3 is 2.87 bits per heavy atom. The minimum atomic E-state index is -4.51. The lowest BCUT2D eigenvalue weighted by Crippen LogP contribution is -2.44. The molecule has 2 heterocycles. The first-order valence-electron chi connectivity index (χ1n) is 7.51. The topological polar surface area (TPSA) is 45.0 Å². The zero-order valence-corrected chi connectivity index (χ0v) is 13.3. The molecule has 1 spiro atoms. The molecule has 3 nitrogen and oxygen atoms in total. The van der Waals surface area contributed by atoms with E-state index in [0.717, 1.165) is 36.8 Å². The van der Waals surface area contributed by atoms with Crippen molar-refractivity contribution in [2.24, 2.45) is 0 Å². The highest BCUT2D eigenvalue weighted by Gasteiger charge is 2.40. The summed E-state index contributed by atoms with van der Waals surface area (Å²) >= 11 is 1.88. The van der Waals surface area contributed by atoms with Gasteiger partial charge in [-0.2, -0.15) is 30.2 Å². The predicted molar refractivity (Wildman–Crippen MR) is 83.4 cm³/mol. The lowest BCUT2D eigenvalue weighted by Gasteiger charge is -2.38. The Labute approximate surface area is 137 Å². The van der Waals surface area contributed by atoms with Gasteiger partial charge in [0, 0.05) is 24.1 Å². The molecule has 2 aliphatic heterocycles. The van der Waals surface area contributed by atoms with Gasteiger partial charge in [-0.1, -0.05) is 0 Å². The van der Waals surface area contributed by atoms with Crippen molar-refractivity contribution in [3.05, 3.63) is 29.3 Å². The van der Waals surface area contributed by atoms with Gasteiger partial charge >= 0.3 is 6.18 Å². The number of nitrogens with one attached hydrogen (secondary N) is 1. The highest BCUT2D eigenvalue weighted by molar-refractivity contribution is 7.99. The molecule has 1 N–H and O–H groups in total. The van der Waals surface area contributed by atoms with Crippen LogP contribution in [0.15, 0.2) is 18.2 Å². The molecule has 0 radical (unpaired) electrons. The minimum absolute atomic E-state index is 0.0927. The van der Waals surface area contributed by atoms with Gasteiger partial charge in [0.15, 0.2) is 0 Å². The van der Waals surface area contributed by atoms with Gasteiger partial charge in [-0.3, -0.25) is 0 Å². The van der Waals surface area contributed by atoms with Crippen LogP contribution < -0.4 is 5.32 Å². The number of anilines is 1. The van der Waals surface area contributed by atoms with Gasteiger partial charge in [-0.15, -0.1) is 0 Å². The normalized spacial score (nSPS) is 27.8. The molecule has 0 saturated carbocycles. The number of rotatable bonds is 2. The molecule has 0 amide bonds. The van der Waals surface area contributed by atoms with E-state index in [-0.39, 0.29) is 17.2 Å². The van der Waals surface area contributed by atoms with Crippen molar-refractivity contribution in [1.29, 1.82) is 5.26 Å². The van der Waals surface area contributed by atoms with Crippen molar-refractivity contribution in [3.8, 4) is 6.07 Å². The van der Waals surface area contributed by atoms with Gasteiger partial charge in [0.2, 0.25) is 0 Å². The predicted octanol–water partition coefficient (Wildman–Crippen LogP) is 4.04. The molecule has 0 aliphatic carbocycles. The molecular weight excluding hydrogens is 325 g/mol. The molecule has 2 fully saturated rings. The fraction of sp³-hybridized carbons (Fsp3) is 0.562. The smallest absolute Gasteiger partial charge is 0.382 e. The molecule has 3 rings (SSSR count). The van der Waals surface area contributed by atoms with Crippen molar-refractivity contribution < 1.29 is 17.9 Å². The van der Waals surface area contributed by atoms with E-state index in [9.17, 15) is 13.2 Å². The Balaban J connectivity index is 1.74. The Morgan fingerprint density at radius 2 is 2.22 bits per heavy atom. The van der Waals surface area contributed by atoms with Crippen LogP contribution in [-0.2, 0) is 10.9 Å². The van der Waals surface area contributed by atoms with Crippen LogP contribution in [0, 0.1) is 11.3 Å². The van der Waals surface area contributed by atoms with Crippen molar-refractivity contribution in [1.82, 2.24) is 0 Å². The lowest BCUT2D eigenvalue weighted by molar-refractivity contribution is -0.137. The second-order valence-corrected chi connectivity index (χ2v) is 7.14. The van der Waals surface area contributed by atoms with E-state index >= 15 is 0 Å². The average molecular weight is 342 g/mol. The Hall–Kier alpha value is -1.39. The summed E-state index contributed by atoms with van der Waals surface area (Å²) in [6, 6.07) is 5.46. The van der Waals surface area contributed by atoms with Crippen LogP contribution in [0.1, 0.15) is 30.4 Å². The molecule has 0 aromatic heterocycles. The quantitative estimate of drug-likeness (QED) is 0.881. The molecule has 2 aliphatic rings. The minimum Gasteiger partial charge on any atom is -0.382 e. The summed E-state index contributed by atoms with van der Waals surface area (Å²) in [4.78, 5) is 0. The Morgan fingerprint density at radius 1 is 1.39 bits per heavy atom. The number of hydrogen-bond donors (Lipinski definition) is 1. The number of benzene rings is 1. The lowest BCUT2D eigenvalue weighted by atomic mass is 9.89. The maximum Gasteiger partial charge on any atom is 0.417 e. The summed E-state index contributed by atoms with van der Waals surface area (Å²) in [7, 11) is 0. The standard InChI is InChI=1S/C16H17F3N2OS/c17-16(18,19)14-2-1-12(7-11(14)9-20)21-13-3-5-22-15(8-13)4-6-23-10-15/h1-2,7,13,21H,3-6,8,10H2/t13-,15-/m1/s1. The Bertz CT molecular complexity index is 621. The molecule has 1 aromatic carbocycles. The van der Waals surface area contributed by atoms with Crippen LogP contribution in [0.2, 0.25) is 0 Å². The van der Waals surface area contributed by atoms with Gasteiger partial charge in [0.05, 0.1) is 22.8 Å². The van der Waals surface area contributed by atoms with Crippen molar-refractivity contribution in [2.75, 3.05) is 23.4 Å². The van der Waals surface area contributed by atoms with Gasteiger partial charge < -0.3 is 10.1 Å². The van der Waals surface area contributed by atoms with E-state index in [4.69, 9.17) is 10.00 Å². The van der Waals surface area contributed by atoms with Crippen LogP contribution in [0.3, 0.4) is 0 Å². The third-order valence-electron chi connectivity index (χ3n) is 4.38. The Kier molecular flexibility index (Phi) is 4.47. The first-order chi connectivity index (χ1) is 10.9.